The van der Waals surface area contributed by atoms with Crippen LogP contribution in [0.15, 0.2) is 116 Å². The van der Waals surface area contributed by atoms with Crippen LogP contribution in [0.25, 0.3) is 75.0 Å². The van der Waals surface area contributed by atoms with Crippen molar-refractivity contribution >= 4 is 64.1 Å². The van der Waals surface area contributed by atoms with Gasteiger partial charge in [-0.25, -0.2) is 0 Å². The Morgan fingerprint density at radius 3 is 1.84 bits per heavy atom. The van der Waals surface area contributed by atoms with Gasteiger partial charge in [0.1, 0.15) is 0 Å². The van der Waals surface area contributed by atoms with E-state index in [4.69, 9.17) is 4.98 Å². The summed E-state index contributed by atoms with van der Waals surface area (Å²) in [4.78, 5) is 9.41. The Hall–Kier alpha value is -4.60. The molecule has 0 unspecified atom stereocenters. The van der Waals surface area contributed by atoms with Gasteiger partial charge in [0.25, 0.3) is 0 Å². The summed E-state index contributed by atoms with van der Waals surface area (Å²) in [5, 5.41) is 7.38. The molecular weight excluding hydrogens is 480 g/mol. The second kappa shape index (κ2) is 8.20. The van der Waals surface area contributed by atoms with Crippen LogP contribution in [0.4, 0.5) is 0 Å². The Morgan fingerprint density at radius 1 is 0.447 bits per heavy atom. The molecule has 2 aromatic heterocycles. The lowest BCUT2D eigenvalue weighted by Gasteiger charge is -2.12. The molecule has 0 bridgehead atoms. The van der Waals surface area contributed by atoms with Crippen molar-refractivity contribution < 1.29 is 0 Å². The first-order valence-corrected chi connectivity index (χ1v) is 13.6. The molecule has 2 heterocycles. The number of nitrogens with zero attached hydrogens (tertiary/aromatic N) is 2. The molecule has 0 radical (unpaired) electrons. The highest BCUT2D eigenvalue weighted by molar-refractivity contribution is 7.25. The van der Waals surface area contributed by atoms with Crippen molar-refractivity contribution in [3.05, 3.63) is 121 Å². The standard InChI is InChI=1S/C35H22N2S/c1-21-9-12-27-29(17-21)30-19-24(10-13-28(30)35-34(27)36-15-16-37-35)22-5-4-6-23(18-22)25-11-14-33-31(20-25)26-7-2-3-8-32(26)38-33/h2-20H,1H3. The first-order valence-electron chi connectivity index (χ1n) is 12.8. The molecule has 0 aliphatic heterocycles. The minimum Gasteiger partial charge on any atom is -0.252 e. The molecule has 38 heavy (non-hydrogen) atoms. The van der Waals surface area contributed by atoms with E-state index in [0.29, 0.717) is 0 Å². The quantitative estimate of drug-likeness (QED) is 0.220. The van der Waals surface area contributed by atoms with E-state index in [1.54, 1.807) is 12.4 Å². The first-order chi connectivity index (χ1) is 18.7. The number of fused-ring (bicyclic) bond motifs is 9. The average molecular weight is 503 g/mol. The average Bonchev–Trinajstić information content (AvgIpc) is 3.35. The van der Waals surface area contributed by atoms with Crippen molar-refractivity contribution in [2.45, 2.75) is 6.92 Å². The van der Waals surface area contributed by atoms with Crippen LogP contribution in [0.2, 0.25) is 0 Å². The lowest BCUT2D eigenvalue weighted by Crippen LogP contribution is -1.90. The van der Waals surface area contributed by atoms with Crippen molar-refractivity contribution in [3.63, 3.8) is 0 Å². The van der Waals surface area contributed by atoms with E-state index in [9.17, 15) is 0 Å². The van der Waals surface area contributed by atoms with E-state index in [2.05, 4.69) is 115 Å². The van der Waals surface area contributed by atoms with Crippen LogP contribution >= 0.6 is 11.3 Å². The van der Waals surface area contributed by atoms with Crippen LogP contribution in [0, 0.1) is 6.92 Å². The number of thiophene rings is 1. The zero-order valence-electron chi connectivity index (χ0n) is 20.8. The topological polar surface area (TPSA) is 25.8 Å². The predicted octanol–water partition coefficient (Wildman–Crippen LogP) is 9.95. The third-order valence-corrected chi connectivity index (χ3v) is 8.75. The lowest BCUT2D eigenvalue weighted by molar-refractivity contribution is 1.31. The zero-order valence-corrected chi connectivity index (χ0v) is 21.6. The van der Waals surface area contributed by atoms with Crippen molar-refractivity contribution in [1.29, 1.82) is 0 Å². The van der Waals surface area contributed by atoms with Crippen LogP contribution in [-0.2, 0) is 0 Å². The normalized spacial score (nSPS) is 11.8. The molecule has 0 N–H and O–H groups in total. The monoisotopic (exact) mass is 502 g/mol. The summed E-state index contributed by atoms with van der Waals surface area (Å²) in [6.07, 6.45) is 3.57. The molecule has 2 nitrogen and oxygen atoms in total. The summed E-state index contributed by atoms with van der Waals surface area (Å²) >= 11 is 1.86. The summed E-state index contributed by atoms with van der Waals surface area (Å²) in [5.74, 6) is 0. The van der Waals surface area contributed by atoms with Crippen LogP contribution < -0.4 is 0 Å². The fraction of sp³-hybridized carbons (Fsp3) is 0.0286. The van der Waals surface area contributed by atoms with E-state index in [1.165, 1.54) is 58.8 Å². The van der Waals surface area contributed by atoms with Gasteiger partial charge in [-0.2, -0.15) is 0 Å². The van der Waals surface area contributed by atoms with Gasteiger partial charge in [-0.15, -0.1) is 11.3 Å². The fourth-order valence-corrected chi connectivity index (χ4v) is 6.84. The summed E-state index contributed by atoms with van der Waals surface area (Å²) in [7, 11) is 0. The van der Waals surface area contributed by atoms with Crippen molar-refractivity contribution in [1.82, 2.24) is 9.97 Å². The van der Waals surface area contributed by atoms with Crippen LogP contribution in [0.1, 0.15) is 5.56 Å². The molecule has 0 saturated heterocycles. The highest BCUT2D eigenvalue weighted by atomic mass is 32.1. The Morgan fingerprint density at radius 2 is 1.05 bits per heavy atom. The number of aromatic nitrogens is 2. The van der Waals surface area contributed by atoms with Gasteiger partial charge in [-0.05, 0) is 70.3 Å². The van der Waals surface area contributed by atoms with Gasteiger partial charge in [0.15, 0.2) is 0 Å². The van der Waals surface area contributed by atoms with Crippen molar-refractivity contribution in [2.24, 2.45) is 0 Å². The Labute approximate surface area is 223 Å². The Kier molecular flexibility index (Phi) is 4.64. The van der Waals surface area contributed by atoms with Crippen LogP contribution in [0.5, 0.6) is 0 Å². The molecule has 0 spiro atoms. The summed E-state index contributed by atoms with van der Waals surface area (Å²) in [6, 6.07) is 37.8. The van der Waals surface area contributed by atoms with E-state index in [-0.39, 0.29) is 0 Å². The highest BCUT2D eigenvalue weighted by Crippen LogP contribution is 2.38. The SMILES string of the molecule is Cc1ccc2c(c1)c1cc(-c3cccc(-c4ccc5sc6ccccc6c5c4)c3)ccc1c1nccnc21. The van der Waals surface area contributed by atoms with Crippen molar-refractivity contribution in [2.75, 3.05) is 0 Å². The molecule has 0 fully saturated rings. The van der Waals surface area contributed by atoms with Gasteiger partial charge < -0.3 is 0 Å². The molecule has 3 heteroatoms. The van der Waals surface area contributed by atoms with Crippen LogP contribution in [-0.4, -0.2) is 9.97 Å². The molecule has 6 aromatic carbocycles. The largest absolute Gasteiger partial charge is 0.252 e. The molecule has 0 aliphatic carbocycles. The smallest absolute Gasteiger partial charge is 0.0971 e. The number of aryl methyl sites for hydroxylation is 1. The van der Waals surface area contributed by atoms with Crippen molar-refractivity contribution in [3.8, 4) is 22.3 Å². The van der Waals surface area contributed by atoms with Crippen LogP contribution in [0.3, 0.4) is 0 Å². The molecule has 0 amide bonds. The maximum Gasteiger partial charge on any atom is 0.0971 e. The Balaban J connectivity index is 1.31. The summed E-state index contributed by atoms with van der Waals surface area (Å²) in [6.45, 7) is 2.15. The zero-order chi connectivity index (χ0) is 25.2. The highest BCUT2D eigenvalue weighted by Gasteiger charge is 2.13. The lowest BCUT2D eigenvalue weighted by atomic mass is 9.93. The number of benzene rings is 6. The van der Waals surface area contributed by atoms with Gasteiger partial charge in [-0.1, -0.05) is 78.4 Å². The second-order valence-electron chi connectivity index (χ2n) is 9.95. The third-order valence-electron chi connectivity index (χ3n) is 7.60. The van der Waals surface area contributed by atoms with Gasteiger partial charge in [0, 0.05) is 43.3 Å². The van der Waals surface area contributed by atoms with E-state index in [1.807, 2.05) is 11.3 Å². The fourth-order valence-electron chi connectivity index (χ4n) is 5.76. The van der Waals surface area contributed by atoms with Gasteiger partial charge in [0.2, 0.25) is 0 Å². The summed E-state index contributed by atoms with van der Waals surface area (Å²) < 4.78 is 2.67. The third kappa shape index (κ3) is 3.26. The molecule has 8 aromatic rings. The molecule has 0 atom stereocenters. The maximum atomic E-state index is 4.72. The molecule has 178 valence electrons. The second-order valence-corrected chi connectivity index (χ2v) is 11.0. The minimum atomic E-state index is 0.954. The number of rotatable bonds is 2. The molecular formula is C35H22N2S. The van der Waals surface area contributed by atoms with E-state index >= 15 is 0 Å². The number of hydrogen-bond donors (Lipinski definition) is 0. The first kappa shape index (κ1) is 21.5. The predicted molar refractivity (Wildman–Crippen MR) is 163 cm³/mol. The van der Waals surface area contributed by atoms with Gasteiger partial charge in [0.05, 0.1) is 11.0 Å². The van der Waals surface area contributed by atoms with Gasteiger partial charge in [-0.3, -0.25) is 9.97 Å². The molecule has 8 rings (SSSR count). The number of hydrogen-bond acceptors (Lipinski definition) is 3. The minimum absolute atomic E-state index is 0.954. The van der Waals surface area contributed by atoms with E-state index < -0.39 is 0 Å². The van der Waals surface area contributed by atoms with E-state index in [0.717, 1.165) is 21.8 Å². The maximum absolute atomic E-state index is 4.72. The molecule has 0 saturated carbocycles. The molecule has 0 aliphatic rings. The Bertz CT molecular complexity index is 2210. The van der Waals surface area contributed by atoms with Gasteiger partial charge >= 0.3 is 0 Å². The summed E-state index contributed by atoms with van der Waals surface area (Å²) in [5.41, 5.74) is 8.03.